The molecule has 0 radical (unpaired) electrons. The highest BCUT2D eigenvalue weighted by Gasteiger charge is 2.51. The lowest BCUT2D eigenvalue weighted by molar-refractivity contribution is -0.166. The molecule has 3 fully saturated rings. The summed E-state index contributed by atoms with van der Waals surface area (Å²) in [6, 6.07) is 3.68. The molecule has 1 aliphatic carbocycles. The molecule has 1 aromatic rings. The molecule has 4 rings (SSSR count). The van der Waals surface area contributed by atoms with Crippen LogP contribution in [0.1, 0.15) is 84.1 Å². The summed E-state index contributed by atoms with van der Waals surface area (Å²) >= 11 is 0. The van der Waals surface area contributed by atoms with Gasteiger partial charge in [-0.05, 0) is 70.9 Å². The van der Waals surface area contributed by atoms with Crippen molar-refractivity contribution < 1.29 is 23.1 Å². The van der Waals surface area contributed by atoms with Crippen molar-refractivity contribution in [3.63, 3.8) is 0 Å². The van der Waals surface area contributed by atoms with Crippen LogP contribution in [0.5, 0.6) is 0 Å². The zero-order chi connectivity index (χ0) is 26.1. The maximum atomic E-state index is 14.8. The summed E-state index contributed by atoms with van der Waals surface area (Å²) in [5.41, 5.74) is -0.282. The average Bonchev–Trinajstić information content (AvgIpc) is 3.30. The lowest BCUT2D eigenvalue weighted by atomic mass is 9.63. The number of carbonyl (C=O) groups is 2. The van der Waals surface area contributed by atoms with E-state index in [9.17, 15) is 18.4 Å². The summed E-state index contributed by atoms with van der Waals surface area (Å²) < 4.78 is 34.0. The van der Waals surface area contributed by atoms with Crippen LogP contribution < -0.4 is 0 Å². The van der Waals surface area contributed by atoms with Gasteiger partial charge in [-0.3, -0.25) is 14.5 Å². The molecule has 200 valence electrons. The first-order chi connectivity index (χ1) is 17.1. The third-order valence-corrected chi connectivity index (χ3v) is 8.98. The van der Waals surface area contributed by atoms with Crippen LogP contribution in [-0.2, 0) is 14.3 Å². The van der Waals surface area contributed by atoms with Gasteiger partial charge in [-0.25, -0.2) is 8.78 Å². The van der Waals surface area contributed by atoms with E-state index < -0.39 is 23.0 Å². The molecule has 7 heteroatoms. The second-order valence-electron chi connectivity index (χ2n) is 12.0. The van der Waals surface area contributed by atoms with Crippen LogP contribution in [0.25, 0.3) is 0 Å². The monoisotopic (exact) mass is 504 g/mol. The van der Waals surface area contributed by atoms with Gasteiger partial charge in [-0.1, -0.05) is 25.3 Å². The van der Waals surface area contributed by atoms with Crippen LogP contribution >= 0.6 is 0 Å². The van der Waals surface area contributed by atoms with Crippen LogP contribution in [0.2, 0.25) is 0 Å². The average molecular weight is 505 g/mol. The second kappa shape index (κ2) is 10.8. The van der Waals surface area contributed by atoms with E-state index in [0.29, 0.717) is 57.1 Å². The number of amides is 1. The first kappa shape index (κ1) is 27.0. The van der Waals surface area contributed by atoms with Crippen LogP contribution in [0.3, 0.4) is 0 Å². The fourth-order valence-corrected chi connectivity index (χ4v) is 6.79. The molecule has 0 spiro atoms. The van der Waals surface area contributed by atoms with Crippen molar-refractivity contribution in [3.8, 4) is 0 Å². The zero-order valence-electron chi connectivity index (χ0n) is 22.3. The molecule has 2 heterocycles. The van der Waals surface area contributed by atoms with Crippen molar-refractivity contribution in [2.75, 3.05) is 32.8 Å². The molecule has 0 aromatic heterocycles. The first-order valence-electron chi connectivity index (χ1n) is 13.7. The molecule has 2 atom stereocenters. The molecular weight excluding hydrogens is 462 g/mol. The van der Waals surface area contributed by atoms with Crippen LogP contribution in [0.4, 0.5) is 8.78 Å². The van der Waals surface area contributed by atoms with Crippen LogP contribution in [-0.4, -0.2) is 60.0 Å². The van der Waals surface area contributed by atoms with Crippen molar-refractivity contribution in [3.05, 3.63) is 35.4 Å². The van der Waals surface area contributed by atoms with Crippen molar-refractivity contribution in [2.45, 2.75) is 84.1 Å². The number of rotatable bonds is 5. The van der Waals surface area contributed by atoms with E-state index in [0.717, 1.165) is 31.7 Å². The lowest BCUT2D eigenvalue weighted by Crippen LogP contribution is -2.52. The van der Waals surface area contributed by atoms with Crippen molar-refractivity contribution in [1.29, 1.82) is 0 Å². The molecule has 1 amide bonds. The Hall–Kier alpha value is -2.02. The molecule has 36 heavy (non-hydrogen) atoms. The molecule has 3 aliphatic rings. The minimum Gasteiger partial charge on any atom is -0.466 e. The molecule has 2 aliphatic heterocycles. The summed E-state index contributed by atoms with van der Waals surface area (Å²) in [6.07, 6.45) is 6.83. The molecule has 2 saturated heterocycles. The molecular formula is C29H42F2N2O3. The van der Waals surface area contributed by atoms with Gasteiger partial charge in [0, 0.05) is 43.7 Å². The topological polar surface area (TPSA) is 49.9 Å². The zero-order valence-corrected chi connectivity index (χ0v) is 22.3. The van der Waals surface area contributed by atoms with Crippen molar-refractivity contribution in [2.24, 2.45) is 17.3 Å². The fraction of sp³-hybridized carbons (Fsp3) is 0.724. The third kappa shape index (κ3) is 5.32. The van der Waals surface area contributed by atoms with Crippen LogP contribution in [0, 0.1) is 28.9 Å². The largest absolute Gasteiger partial charge is 0.466 e. The molecule has 5 nitrogen and oxygen atoms in total. The quantitative estimate of drug-likeness (QED) is 0.495. The molecule has 0 N–H and O–H groups in total. The van der Waals surface area contributed by atoms with Gasteiger partial charge in [0.05, 0.1) is 17.9 Å². The van der Waals surface area contributed by atoms with Gasteiger partial charge in [0.2, 0.25) is 5.91 Å². The van der Waals surface area contributed by atoms with Crippen LogP contribution in [0.15, 0.2) is 18.2 Å². The van der Waals surface area contributed by atoms with E-state index in [1.54, 1.807) is 0 Å². The number of likely N-dealkylation sites (tertiary alicyclic amines) is 2. The summed E-state index contributed by atoms with van der Waals surface area (Å²) in [7, 11) is 0. The normalized spacial score (nSPS) is 25.7. The Balaban J connectivity index is 1.54. The minimum absolute atomic E-state index is 0.0107. The first-order valence-corrected chi connectivity index (χ1v) is 13.7. The Kier molecular flexibility index (Phi) is 8.08. The maximum Gasteiger partial charge on any atom is 0.312 e. The van der Waals surface area contributed by atoms with E-state index in [1.165, 1.54) is 18.6 Å². The van der Waals surface area contributed by atoms with E-state index in [1.807, 2.05) is 11.8 Å². The highest BCUT2D eigenvalue weighted by molar-refractivity contribution is 5.82. The van der Waals surface area contributed by atoms with Gasteiger partial charge < -0.3 is 9.64 Å². The standard InChI is InChI=1S/C29H42F2N2O3/c1-5-36-27(35)29(20-9-7-6-8-10-20)13-15-32(16-14-29)26(34)24-19-33(28(2,3)4)18-23(24)22-12-11-21(30)17-25(22)31/h11-12,17,20,23-24H,5-10,13-16,18-19H2,1-4H3/t23-,24?/m0/s1. The molecule has 1 aromatic carbocycles. The maximum absolute atomic E-state index is 14.8. The molecule has 1 saturated carbocycles. The smallest absolute Gasteiger partial charge is 0.312 e. The van der Waals surface area contributed by atoms with Gasteiger partial charge in [0.15, 0.2) is 0 Å². The highest BCUT2D eigenvalue weighted by atomic mass is 19.1. The third-order valence-electron chi connectivity index (χ3n) is 8.98. The number of piperidine rings is 1. The van der Waals surface area contributed by atoms with Gasteiger partial charge in [0.25, 0.3) is 0 Å². The highest BCUT2D eigenvalue weighted by Crippen LogP contribution is 2.47. The van der Waals surface area contributed by atoms with Gasteiger partial charge in [-0.2, -0.15) is 0 Å². The van der Waals surface area contributed by atoms with Gasteiger partial charge in [0.1, 0.15) is 11.6 Å². The Morgan fingerprint density at radius 3 is 2.31 bits per heavy atom. The number of benzene rings is 1. The Morgan fingerprint density at radius 2 is 1.72 bits per heavy atom. The van der Waals surface area contributed by atoms with E-state index >= 15 is 0 Å². The lowest BCUT2D eigenvalue weighted by Gasteiger charge is -2.46. The number of esters is 1. The van der Waals surface area contributed by atoms with E-state index in [4.69, 9.17) is 4.74 Å². The Labute approximate surface area is 214 Å². The minimum atomic E-state index is -0.612. The number of hydrogen-bond donors (Lipinski definition) is 0. The molecule has 1 unspecified atom stereocenters. The molecule has 0 bridgehead atoms. The summed E-state index contributed by atoms with van der Waals surface area (Å²) in [6.45, 7) is 10.6. The number of nitrogens with zero attached hydrogens (tertiary/aromatic N) is 2. The number of ether oxygens (including phenoxy) is 1. The predicted octanol–water partition coefficient (Wildman–Crippen LogP) is 5.53. The van der Waals surface area contributed by atoms with Crippen molar-refractivity contribution in [1.82, 2.24) is 9.80 Å². The Morgan fingerprint density at radius 1 is 1.06 bits per heavy atom. The van der Waals surface area contributed by atoms with Crippen molar-refractivity contribution >= 4 is 11.9 Å². The summed E-state index contributed by atoms with van der Waals surface area (Å²) in [5, 5.41) is 0. The number of carbonyl (C=O) groups excluding carboxylic acids is 2. The van der Waals surface area contributed by atoms with E-state index in [-0.39, 0.29) is 23.3 Å². The number of hydrogen-bond acceptors (Lipinski definition) is 4. The van der Waals surface area contributed by atoms with E-state index in [2.05, 4.69) is 25.7 Å². The second-order valence-corrected chi connectivity index (χ2v) is 12.0. The predicted molar refractivity (Wildman–Crippen MR) is 135 cm³/mol. The Bertz CT molecular complexity index is 946. The SMILES string of the molecule is CCOC(=O)C1(C2CCCCC2)CCN(C(=O)C2CN(C(C)(C)C)C[C@H]2c2ccc(F)cc2F)CC1. The summed E-state index contributed by atoms with van der Waals surface area (Å²) in [5.74, 6) is -1.73. The fourth-order valence-electron chi connectivity index (χ4n) is 6.79. The van der Waals surface area contributed by atoms with Gasteiger partial charge >= 0.3 is 5.97 Å². The summed E-state index contributed by atoms with van der Waals surface area (Å²) in [4.78, 5) is 31.2. The number of halogens is 2. The van der Waals surface area contributed by atoms with Gasteiger partial charge in [-0.15, -0.1) is 0 Å².